The van der Waals surface area contributed by atoms with Crippen molar-refractivity contribution in [2.24, 2.45) is 0 Å². The fourth-order valence-electron chi connectivity index (χ4n) is 3.17. The van der Waals surface area contributed by atoms with Crippen LogP contribution in [0.3, 0.4) is 0 Å². The van der Waals surface area contributed by atoms with Crippen LogP contribution in [0.2, 0.25) is 10.4 Å². The third-order valence-electron chi connectivity index (χ3n) is 4.68. The quantitative estimate of drug-likeness (QED) is 0.225. The molecular formula is C22H39As. The molecule has 1 aromatic rings. The van der Waals surface area contributed by atoms with E-state index < -0.39 is 14.7 Å². The topological polar surface area (TPSA) is 0 Å². The first-order chi connectivity index (χ1) is 11.4. The van der Waals surface area contributed by atoms with Crippen LogP contribution in [0, 0.1) is 0 Å². The molecule has 0 amide bonds. The van der Waals surface area contributed by atoms with E-state index in [9.17, 15) is 0 Å². The van der Waals surface area contributed by atoms with Gasteiger partial charge >= 0.3 is 151 Å². The molecule has 0 bridgehead atoms. The molecule has 1 rings (SSSR count). The summed E-state index contributed by atoms with van der Waals surface area (Å²) in [6, 6.07) is 11.5. The summed E-state index contributed by atoms with van der Waals surface area (Å²) in [5.41, 5.74) is 0. The Labute approximate surface area is 150 Å². The van der Waals surface area contributed by atoms with Crippen LogP contribution in [0.4, 0.5) is 0 Å². The zero-order valence-electron chi connectivity index (χ0n) is 15.7. The Hall–Kier alpha value is -0.222. The van der Waals surface area contributed by atoms with E-state index in [4.69, 9.17) is 0 Å². The van der Waals surface area contributed by atoms with E-state index in [1.807, 2.05) is 0 Å². The molecule has 0 unspecified atom stereocenters. The zero-order valence-corrected chi connectivity index (χ0v) is 17.6. The van der Waals surface area contributed by atoms with Crippen molar-refractivity contribution in [2.75, 3.05) is 0 Å². The van der Waals surface area contributed by atoms with E-state index >= 15 is 0 Å². The molecule has 0 aliphatic carbocycles. The molecule has 23 heavy (non-hydrogen) atoms. The van der Waals surface area contributed by atoms with Gasteiger partial charge in [-0.3, -0.25) is 0 Å². The van der Waals surface area contributed by atoms with Gasteiger partial charge in [0, 0.05) is 0 Å². The number of rotatable bonds is 15. The van der Waals surface area contributed by atoms with Crippen molar-refractivity contribution in [1.82, 2.24) is 0 Å². The second-order valence-corrected chi connectivity index (χ2v) is 12.1. The average molecular weight is 378 g/mol. The third-order valence-corrected chi connectivity index (χ3v) is 10.4. The molecule has 0 spiro atoms. The van der Waals surface area contributed by atoms with Gasteiger partial charge in [0.2, 0.25) is 0 Å². The Morgan fingerprint density at radius 3 is 1.48 bits per heavy atom. The number of benzene rings is 1. The number of hydrogen-bond acceptors (Lipinski definition) is 0. The van der Waals surface area contributed by atoms with Crippen LogP contribution in [0.25, 0.3) is 0 Å². The van der Waals surface area contributed by atoms with E-state index in [1.165, 1.54) is 87.5 Å². The predicted octanol–water partition coefficient (Wildman–Crippen LogP) is 7.11. The van der Waals surface area contributed by atoms with Crippen LogP contribution in [-0.4, -0.2) is 14.7 Å². The molecule has 1 aromatic carbocycles. The van der Waals surface area contributed by atoms with Gasteiger partial charge in [0.1, 0.15) is 0 Å². The van der Waals surface area contributed by atoms with E-state index in [2.05, 4.69) is 44.2 Å². The van der Waals surface area contributed by atoms with Gasteiger partial charge in [0.25, 0.3) is 0 Å². The maximum absolute atomic E-state index is 2.41. The van der Waals surface area contributed by atoms with E-state index in [0.717, 1.165) is 0 Å². The van der Waals surface area contributed by atoms with Crippen LogP contribution >= 0.6 is 0 Å². The summed E-state index contributed by atoms with van der Waals surface area (Å²) in [5, 5.41) is 3.08. The average Bonchev–Trinajstić information content (AvgIpc) is 2.60. The van der Waals surface area contributed by atoms with Crippen molar-refractivity contribution in [3.63, 3.8) is 0 Å². The van der Waals surface area contributed by atoms with E-state index in [0.29, 0.717) is 0 Å². The fraction of sp³-hybridized carbons (Fsp3) is 0.727. The summed E-state index contributed by atoms with van der Waals surface area (Å²) in [7, 11) is 0. The van der Waals surface area contributed by atoms with Gasteiger partial charge < -0.3 is 0 Å². The van der Waals surface area contributed by atoms with Crippen molar-refractivity contribution in [3.8, 4) is 0 Å². The Bertz CT molecular complexity index is 330. The monoisotopic (exact) mass is 378 g/mol. The van der Waals surface area contributed by atoms with Crippen molar-refractivity contribution in [2.45, 2.75) is 101 Å². The molecule has 132 valence electrons. The van der Waals surface area contributed by atoms with Crippen LogP contribution in [0.15, 0.2) is 30.3 Å². The molecule has 0 atom stereocenters. The number of unbranched alkanes of at least 4 members (excludes halogenated alkanes) is 10. The van der Waals surface area contributed by atoms with Crippen LogP contribution in [-0.2, 0) is 0 Å². The van der Waals surface area contributed by atoms with Crippen molar-refractivity contribution >= 4 is 19.0 Å². The molecule has 0 saturated heterocycles. The summed E-state index contributed by atoms with van der Waals surface area (Å²) in [6.45, 7) is 4.61. The van der Waals surface area contributed by atoms with E-state index in [-0.39, 0.29) is 0 Å². The first-order valence-electron chi connectivity index (χ1n) is 10.2. The Kier molecular flexibility index (Phi) is 13.9. The Morgan fingerprint density at radius 2 is 1.00 bits per heavy atom. The van der Waals surface area contributed by atoms with Gasteiger partial charge in [-0.15, -0.1) is 0 Å². The molecule has 0 nitrogen and oxygen atoms in total. The van der Waals surface area contributed by atoms with Crippen LogP contribution in [0.5, 0.6) is 0 Å². The second kappa shape index (κ2) is 15.3. The second-order valence-electron chi connectivity index (χ2n) is 6.86. The summed E-state index contributed by atoms with van der Waals surface area (Å²) in [5.74, 6) is 0. The summed E-state index contributed by atoms with van der Waals surface area (Å²) >= 11 is -0.785. The van der Waals surface area contributed by atoms with Crippen LogP contribution < -0.4 is 4.35 Å². The molecule has 0 heterocycles. The van der Waals surface area contributed by atoms with Gasteiger partial charge in [-0.2, -0.15) is 0 Å². The summed E-state index contributed by atoms with van der Waals surface area (Å²) in [6.07, 6.45) is 17.3. The standard InChI is InChI=1S/C22H39As/c1-3-5-7-9-11-16-20-23(22-18-14-13-15-19-22)21-17-12-10-8-6-4-2/h13-15,18-19H,3-12,16-17,20-21H2,1-2H3. The van der Waals surface area contributed by atoms with Gasteiger partial charge in [-0.05, 0) is 0 Å². The van der Waals surface area contributed by atoms with Crippen LogP contribution in [0.1, 0.15) is 90.9 Å². The molecule has 0 aliphatic rings. The van der Waals surface area contributed by atoms with Gasteiger partial charge in [-0.25, -0.2) is 0 Å². The molecule has 1 heteroatoms. The molecule has 0 aromatic heterocycles. The minimum absolute atomic E-state index is 0.785. The molecule has 0 radical (unpaired) electrons. The SMILES string of the molecule is CCCCCCCC[As](CCCCCCCC)c1ccccc1. The van der Waals surface area contributed by atoms with Gasteiger partial charge in [0.05, 0.1) is 0 Å². The first kappa shape index (κ1) is 20.8. The van der Waals surface area contributed by atoms with Gasteiger partial charge in [-0.1, -0.05) is 0 Å². The zero-order chi connectivity index (χ0) is 16.6. The van der Waals surface area contributed by atoms with Gasteiger partial charge in [0.15, 0.2) is 0 Å². The molecular weight excluding hydrogens is 339 g/mol. The molecule has 0 fully saturated rings. The molecule has 0 aliphatic heterocycles. The van der Waals surface area contributed by atoms with Crippen molar-refractivity contribution in [1.29, 1.82) is 0 Å². The molecule has 0 saturated carbocycles. The minimum atomic E-state index is -0.785. The normalized spacial score (nSPS) is 11.3. The fourth-order valence-corrected chi connectivity index (χ4v) is 8.51. The van der Waals surface area contributed by atoms with Crippen molar-refractivity contribution in [3.05, 3.63) is 30.3 Å². The summed E-state index contributed by atoms with van der Waals surface area (Å²) in [4.78, 5) is 0. The van der Waals surface area contributed by atoms with E-state index in [1.54, 1.807) is 4.35 Å². The first-order valence-corrected chi connectivity index (χ1v) is 13.8. The predicted molar refractivity (Wildman–Crippen MR) is 108 cm³/mol. The Balaban J connectivity index is 2.26. The third kappa shape index (κ3) is 11.0. The maximum atomic E-state index is 2.41. The molecule has 0 N–H and O–H groups in total. The van der Waals surface area contributed by atoms with Crippen molar-refractivity contribution < 1.29 is 0 Å². The summed E-state index contributed by atoms with van der Waals surface area (Å²) < 4.78 is 1.72. The number of hydrogen-bond donors (Lipinski definition) is 0. The Morgan fingerprint density at radius 1 is 0.565 bits per heavy atom.